The summed E-state index contributed by atoms with van der Waals surface area (Å²) < 4.78 is 6.72. The van der Waals surface area contributed by atoms with E-state index in [1.807, 2.05) is 12.1 Å². The molecule has 0 radical (unpaired) electrons. The van der Waals surface area contributed by atoms with E-state index in [0.717, 1.165) is 11.1 Å². The molecule has 70 heavy (non-hydrogen) atoms. The van der Waals surface area contributed by atoms with Gasteiger partial charge in [0.1, 0.15) is 21.7 Å². The number of halogens is 15. The summed E-state index contributed by atoms with van der Waals surface area (Å²) in [7, 11) is 0. The lowest BCUT2D eigenvalue weighted by Gasteiger charge is -2.27. The summed E-state index contributed by atoms with van der Waals surface area (Å²) in [6.45, 7) is 12.6. The third-order valence-electron chi connectivity index (χ3n) is 11.8. The van der Waals surface area contributed by atoms with Crippen molar-refractivity contribution in [2.75, 3.05) is 0 Å². The van der Waals surface area contributed by atoms with Gasteiger partial charge in [0.15, 0.2) is 29.1 Å². The van der Waals surface area contributed by atoms with Crippen LogP contribution in [0.2, 0.25) is 75.3 Å². The zero-order valence-corrected chi connectivity index (χ0v) is 47.5. The van der Waals surface area contributed by atoms with Crippen molar-refractivity contribution in [1.82, 2.24) is 4.98 Å². The van der Waals surface area contributed by atoms with Crippen LogP contribution < -0.4 is 26.1 Å². The zero-order valence-electron chi connectivity index (χ0n) is 36.2. The van der Waals surface area contributed by atoms with Crippen molar-refractivity contribution in [3.63, 3.8) is 0 Å². The van der Waals surface area contributed by atoms with E-state index in [2.05, 4.69) is 52.6 Å². The molecule has 0 unspecified atom stereocenters. The van der Waals surface area contributed by atoms with Gasteiger partial charge in [-0.1, -0.05) is 228 Å². The van der Waals surface area contributed by atoms with Crippen molar-refractivity contribution in [2.24, 2.45) is 30.0 Å². The Morgan fingerprint density at radius 2 is 0.800 bits per heavy atom. The minimum absolute atomic E-state index is 0.00581. The summed E-state index contributed by atoms with van der Waals surface area (Å²) in [5, 5.41) is 0.304. The van der Waals surface area contributed by atoms with Crippen molar-refractivity contribution >= 4 is 220 Å². The van der Waals surface area contributed by atoms with Gasteiger partial charge in [-0.05, 0) is 22.5 Å². The second-order valence-corrected chi connectivity index (χ2v) is 23.9. The Labute approximate surface area is 473 Å². The molecule has 0 spiro atoms. The normalized spacial score (nSPS) is 15.1. The molecule has 3 aliphatic heterocycles. The first-order valence-corrected chi connectivity index (χ1v) is 26.0. The second-order valence-electron chi connectivity index (χ2n) is 18.2. The van der Waals surface area contributed by atoms with Crippen molar-refractivity contribution in [3.8, 4) is 11.5 Å². The van der Waals surface area contributed by atoms with Crippen molar-refractivity contribution in [1.29, 1.82) is 0 Å². The number of fused-ring (bicyclic) bond motifs is 16. The SMILES string of the molecule is CC(C)(C)c1ccc(Oc2c(Cl)c(Cl)c3c(c2Cl)C2=NC3=NC3=c4c(Cl)c(Cl)c(Cl)c(Cl)c4=C(C3)N=C3N=C(N=c4[nH]c(c5c(Cl)c(Cl)c(Cl)c(Cl)c45)=N2)c2c(Cl)c(Cl)c(Cl)c(Cl)c23)c(C(C)(C)C)c1. The number of aliphatic imine (C=N–C) groups is 4. The Kier molecular flexibility index (Phi) is 13.2. The van der Waals surface area contributed by atoms with Crippen LogP contribution in [0.15, 0.2) is 48.2 Å². The third kappa shape index (κ3) is 7.92. The fourth-order valence-electron chi connectivity index (χ4n) is 8.38. The Morgan fingerprint density at radius 1 is 0.414 bits per heavy atom. The smallest absolute Gasteiger partial charge is 0.166 e. The van der Waals surface area contributed by atoms with Crippen LogP contribution in [0, 0.1) is 0 Å². The molecule has 1 aromatic heterocycles. The molecule has 0 fully saturated rings. The molecule has 10 rings (SSSR count). The standard InChI is InChI=1S/C47H24Cl15N7O/c1-46(2,3)11-7-8-15(12(9-11)47(4,5)6)70-39-31(55)23-22(30(54)38(39)62)41-64-14-10-13(16-17(14)25(49)33(57)32(56)24(16)48)63-40-18-19(27(51)35(59)34(58)26(18)50)42(65-40)67-43-20-21(44(68-43)69-45(23)66-41)29(53)37(61)36(60)28(20)52/h7-9H,10H2,1-6H3,(H,63,64,65,66,67,68,69). The molecule has 8 bridgehead atoms. The second kappa shape index (κ2) is 18.0. The zero-order chi connectivity index (χ0) is 50.7. The molecule has 0 saturated carbocycles. The van der Waals surface area contributed by atoms with Crippen molar-refractivity contribution in [3.05, 3.63) is 148 Å². The van der Waals surface area contributed by atoms with E-state index < -0.39 is 5.41 Å². The maximum Gasteiger partial charge on any atom is 0.166 e. The Bertz CT molecular complexity index is 3920. The lowest BCUT2D eigenvalue weighted by Crippen LogP contribution is -2.27. The number of amidine groups is 4. The summed E-state index contributed by atoms with van der Waals surface area (Å²) in [5.74, 6) is 0.407. The van der Waals surface area contributed by atoms with Crippen LogP contribution in [0.3, 0.4) is 0 Å². The molecule has 1 aliphatic carbocycles. The highest BCUT2D eigenvalue weighted by molar-refractivity contribution is 6.57. The van der Waals surface area contributed by atoms with Gasteiger partial charge < -0.3 is 9.72 Å². The van der Waals surface area contributed by atoms with Gasteiger partial charge in [-0.25, -0.2) is 30.0 Å². The van der Waals surface area contributed by atoms with Crippen LogP contribution in [0.5, 0.6) is 11.5 Å². The predicted molar refractivity (Wildman–Crippen MR) is 296 cm³/mol. The van der Waals surface area contributed by atoms with Crippen LogP contribution >= 0.6 is 174 Å². The van der Waals surface area contributed by atoms with Gasteiger partial charge in [0.25, 0.3) is 0 Å². The Morgan fingerprint density at radius 3 is 1.23 bits per heavy atom. The van der Waals surface area contributed by atoms with Gasteiger partial charge in [-0.3, -0.25) is 0 Å². The fraction of sp³-hybridized carbons (Fsp3) is 0.191. The van der Waals surface area contributed by atoms with Gasteiger partial charge in [0, 0.05) is 22.4 Å². The van der Waals surface area contributed by atoms with E-state index in [4.69, 9.17) is 209 Å². The molecule has 23 heteroatoms. The molecule has 8 nitrogen and oxygen atoms in total. The highest BCUT2D eigenvalue weighted by Gasteiger charge is 2.37. The van der Waals surface area contributed by atoms with Crippen LogP contribution in [-0.2, 0) is 10.8 Å². The molecule has 4 heterocycles. The van der Waals surface area contributed by atoms with Gasteiger partial charge in [-0.15, -0.1) is 0 Å². The Balaban J connectivity index is 1.36. The van der Waals surface area contributed by atoms with Gasteiger partial charge in [-0.2, -0.15) is 0 Å². The van der Waals surface area contributed by atoms with Crippen molar-refractivity contribution in [2.45, 2.75) is 58.8 Å². The minimum atomic E-state index is -0.391. The summed E-state index contributed by atoms with van der Waals surface area (Å²) in [5.41, 5.74) is 2.72. The van der Waals surface area contributed by atoms with Gasteiger partial charge >= 0.3 is 0 Å². The monoisotopic (exact) mass is 1230 g/mol. The van der Waals surface area contributed by atoms with Crippen LogP contribution in [-0.4, -0.2) is 28.3 Å². The number of hydrogen-bond acceptors (Lipinski definition) is 7. The van der Waals surface area contributed by atoms with E-state index >= 15 is 0 Å². The summed E-state index contributed by atoms with van der Waals surface area (Å²) in [6.07, 6.45) is -0.0653. The van der Waals surface area contributed by atoms with E-state index in [0.29, 0.717) is 5.75 Å². The summed E-state index contributed by atoms with van der Waals surface area (Å²) in [6, 6.07) is 5.97. The number of H-pyrrole nitrogens is 1. The number of nitrogens with zero attached hydrogens (tertiary/aromatic N) is 6. The first-order valence-electron chi connectivity index (χ1n) is 20.4. The average Bonchev–Trinajstić information content (AvgIpc) is 4.05. The largest absolute Gasteiger partial charge is 0.454 e. The molecule has 1 N–H and O–H groups in total. The van der Waals surface area contributed by atoms with Crippen LogP contribution in [0.4, 0.5) is 0 Å². The Hall–Kier alpha value is -2.19. The average molecular weight is 1230 g/mol. The lowest BCUT2D eigenvalue weighted by atomic mass is 9.80. The maximum absolute atomic E-state index is 7.49. The molecule has 0 amide bonds. The van der Waals surface area contributed by atoms with Gasteiger partial charge in [0.2, 0.25) is 0 Å². The molecular weight excluding hydrogens is 1210 g/mol. The van der Waals surface area contributed by atoms with E-state index in [9.17, 15) is 0 Å². The van der Waals surface area contributed by atoms with E-state index in [1.165, 1.54) is 0 Å². The molecule has 4 aliphatic rings. The topological polar surface area (TPSA) is 99.2 Å². The molecule has 6 aromatic rings. The van der Waals surface area contributed by atoms with Crippen molar-refractivity contribution < 1.29 is 4.74 Å². The van der Waals surface area contributed by atoms with E-state index in [1.54, 1.807) is 0 Å². The number of rotatable bonds is 2. The molecular formula is C47H24Cl15N7O. The van der Waals surface area contributed by atoms with Crippen LogP contribution in [0.1, 0.15) is 81.3 Å². The maximum atomic E-state index is 7.49. The quantitative estimate of drug-likeness (QED) is 0.136. The number of aromatic nitrogens is 1. The number of aromatic amines is 1. The first kappa shape index (κ1) is 51.3. The molecule has 0 saturated heterocycles. The van der Waals surface area contributed by atoms with Crippen LogP contribution in [0.25, 0.3) is 22.2 Å². The first-order chi connectivity index (χ1) is 32.7. The predicted octanol–water partition coefficient (Wildman–Crippen LogP) is 17.3. The third-order valence-corrected chi connectivity index (χ3v) is 18.4. The number of nitrogens with one attached hydrogen (secondary N) is 1. The summed E-state index contributed by atoms with van der Waals surface area (Å²) >= 11 is 104. The number of ether oxygens (including phenoxy) is 1. The fourth-order valence-corrected chi connectivity index (χ4v) is 12.4. The molecule has 5 aromatic carbocycles. The van der Waals surface area contributed by atoms with Gasteiger partial charge in [0.05, 0.1) is 115 Å². The lowest BCUT2D eigenvalue weighted by molar-refractivity contribution is 0.453. The highest BCUT2D eigenvalue weighted by Crippen LogP contribution is 2.51. The van der Waals surface area contributed by atoms with E-state index in [-0.39, 0.29) is 182 Å². The highest BCUT2D eigenvalue weighted by atomic mass is 35.5. The number of hydrogen-bond donors (Lipinski definition) is 1. The molecule has 358 valence electrons. The summed E-state index contributed by atoms with van der Waals surface area (Å²) in [4.78, 5) is 33.1. The minimum Gasteiger partial charge on any atom is -0.454 e. The number of benzene rings is 5. The molecule has 0 atom stereocenters.